The van der Waals surface area contributed by atoms with E-state index in [9.17, 15) is 29.4 Å². The Balaban J connectivity index is 2.47. The third-order valence-electron chi connectivity index (χ3n) is 7.32. The smallest absolute Gasteiger partial charge is 0.253 e. The molecule has 0 aliphatic heterocycles. The number of nitrogens with zero attached hydrogens (tertiary/aromatic N) is 3. The SMILES string of the molecule is CCCN(CC(O)C(Cc1ccc(O)cc1)NC(=O)c1cc(C(=O)N(C)C)cc(C(=O)N(CCC)CCC)c1)NC(=O)CC(C)C. The van der Waals surface area contributed by atoms with Gasteiger partial charge in [0.2, 0.25) is 5.91 Å². The van der Waals surface area contributed by atoms with Gasteiger partial charge in [0.1, 0.15) is 5.75 Å². The molecule has 11 nitrogen and oxygen atoms in total. The van der Waals surface area contributed by atoms with E-state index in [0.29, 0.717) is 26.1 Å². The number of rotatable bonds is 18. The van der Waals surface area contributed by atoms with Gasteiger partial charge < -0.3 is 25.3 Å². The van der Waals surface area contributed by atoms with E-state index in [2.05, 4.69) is 10.7 Å². The van der Waals surface area contributed by atoms with Crippen LogP contribution in [0.3, 0.4) is 0 Å². The number of nitrogens with one attached hydrogen (secondary N) is 2. The summed E-state index contributed by atoms with van der Waals surface area (Å²) in [4.78, 5) is 56.1. The van der Waals surface area contributed by atoms with E-state index in [1.165, 1.54) is 35.2 Å². The number of phenolic OH excluding ortho intramolecular Hbond substituents is 1. The summed E-state index contributed by atoms with van der Waals surface area (Å²) in [7, 11) is 3.20. The van der Waals surface area contributed by atoms with Gasteiger partial charge in [-0.25, -0.2) is 5.01 Å². The van der Waals surface area contributed by atoms with Crippen LogP contribution in [0.15, 0.2) is 42.5 Å². The first-order valence-corrected chi connectivity index (χ1v) is 16.3. The van der Waals surface area contributed by atoms with Crippen LogP contribution in [0.5, 0.6) is 5.75 Å². The highest BCUT2D eigenvalue weighted by Gasteiger charge is 2.27. The Hall–Kier alpha value is -3.96. The third-order valence-corrected chi connectivity index (χ3v) is 7.32. The van der Waals surface area contributed by atoms with Gasteiger partial charge in [0.15, 0.2) is 0 Å². The van der Waals surface area contributed by atoms with Crippen LogP contribution < -0.4 is 10.7 Å². The zero-order valence-corrected chi connectivity index (χ0v) is 28.5. The minimum atomic E-state index is -1.11. The molecule has 4 amide bonds. The summed E-state index contributed by atoms with van der Waals surface area (Å²) in [6, 6.07) is 10.1. The van der Waals surface area contributed by atoms with E-state index in [4.69, 9.17) is 0 Å². The highest BCUT2D eigenvalue weighted by molar-refractivity contribution is 6.04. The quantitative estimate of drug-likeness (QED) is 0.182. The second-order valence-electron chi connectivity index (χ2n) is 12.4. The van der Waals surface area contributed by atoms with Crippen LogP contribution in [0.1, 0.15) is 96.9 Å². The van der Waals surface area contributed by atoms with Gasteiger partial charge >= 0.3 is 0 Å². The molecule has 254 valence electrons. The van der Waals surface area contributed by atoms with Crippen LogP contribution in [0.4, 0.5) is 0 Å². The number of hydrogen-bond acceptors (Lipinski definition) is 7. The molecule has 2 aromatic carbocycles. The number of hydrazine groups is 1. The lowest BCUT2D eigenvalue weighted by Crippen LogP contribution is -2.53. The fraction of sp³-hybridized carbons (Fsp3) is 0.543. The minimum absolute atomic E-state index is 0.0482. The van der Waals surface area contributed by atoms with Crippen LogP contribution >= 0.6 is 0 Å². The maximum Gasteiger partial charge on any atom is 0.253 e. The largest absolute Gasteiger partial charge is 0.508 e. The van der Waals surface area contributed by atoms with Crippen molar-refractivity contribution in [2.75, 3.05) is 40.3 Å². The average Bonchev–Trinajstić information content (AvgIpc) is 3.00. The van der Waals surface area contributed by atoms with Crippen molar-refractivity contribution in [3.8, 4) is 5.75 Å². The number of carbonyl (C=O) groups excluding carboxylic acids is 4. The van der Waals surface area contributed by atoms with Crippen LogP contribution in [0, 0.1) is 5.92 Å². The number of aliphatic hydroxyl groups excluding tert-OH is 1. The summed E-state index contributed by atoms with van der Waals surface area (Å²) in [5.41, 5.74) is 4.18. The predicted molar refractivity (Wildman–Crippen MR) is 179 cm³/mol. The molecule has 0 spiro atoms. The summed E-state index contributed by atoms with van der Waals surface area (Å²) >= 11 is 0. The minimum Gasteiger partial charge on any atom is -0.508 e. The molecule has 2 atom stereocenters. The summed E-state index contributed by atoms with van der Waals surface area (Å²) in [6.45, 7) is 11.5. The number of phenols is 1. The molecule has 4 N–H and O–H groups in total. The molecule has 46 heavy (non-hydrogen) atoms. The predicted octanol–water partition coefficient (Wildman–Crippen LogP) is 3.85. The number of carbonyl (C=O) groups is 4. The van der Waals surface area contributed by atoms with Crippen molar-refractivity contribution in [3.63, 3.8) is 0 Å². The highest BCUT2D eigenvalue weighted by atomic mass is 16.3. The van der Waals surface area contributed by atoms with Gasteiger partial charge in [-0.15, -0.1) is 0 Å². The van der Waals surface area contributed by atoms with Crippen LogP contribution in [0.2, 0.25) is 0 Å². The van der Waals surface area contributed by atoms with Crippen LogP contribution in [0.25, 0.3) is 0 Å². The van der Waals surface area contributed by atoms with Gasteiger partial charge in [0.25, 0.3) is 17.7 Å². The molecule has 0 aliphatic carbocycles. The normalized spacial score (nSPS) is 12.5. The molecule has 0 fully saturated rings. The second kappa shape index (κ2) is 18.9. The van der Waals surface area contributed by atoms with Crippen molar-refractivity contribution in [1.29, 1.82) is 0 Å². The molecule has 2 aromatic rings. The van der Waals surface area contributed by atoms with Gasteiger partial charge in [-0.2, -0.15) is 0 Å². The molecule has 2 unspecified atom stereocenters. The van der Waals surface area contributed by atoms with Crippen molar-refractivity contribution in [2.24, 2.45) is 5.92 Å². The van der Waals surface area contributed by atoms with Gasteiger partial charge in [-0.1, -0.05) is 46.8 Å². The summed E-state index contributed by atoms with van der Waals surface area (Å²) in [5, 5.41) is 25.9. The van der Waals surface area contributed by atoms with E-state index >= 15 is 0 Å². The summed E-state index contributed by atoms with van der Waals surface area (Å²) in [5.74, 6) is -1.08. The lowest BCUT2D eigenvalue weighted by molar-refractivity contribution is -0.127. The molecule has 11 heteroatoms. The molecule has 0 saturated heterocycles. The zero-order chi connectivity index (χ0) is 34.4. The summed E-state index contributed by atoms with van der Waals surface area (Å²) < 4.78 is 0. The van der Waals surface area contributed by atoms with E-state index in [1.54, 1.807) is 36.1 Å². The van der Waals surface area contributed by atoms with Crippen molar-refractivity contribution < 1.29 is 29.4 Å². The number of benzene rings is 2. The molecule has 0 bridgehead atoms. The first-order valence-electron chi connectivity index (χ1n) is 16.3. The lowest BCUT2D eigenvalue weighted by atomic mass is 9.99. The van der Waals surface area contributed by atoms with Crippen molar-refractivity contribution in [3.05, 3.63) is 64.7 Å². The van der Waals surface area contributed by atoms with Gasteiger partial charge in [0, 0.05) is 63.4 Å². The highest BCUT2D eigenvalue weighted by Crippen LogP contribution is 2.18. The van der Waals surface area contributed by atoms with Gasteiger partial charge in [0.05, 0.1) is 12.1 Å². The number of aliphatic hydroxyl groups is 1. The Morgan fingerprint density at radius 3 is 1.87 bits per heavy atom. The fourth-order valence-electron chi connectivity index (χ4n) is 5.13. The van der Waals surface area contributed by atoms with Crippen LogP contribution in [-0.4, -0.2) is 101 Å². The van der Waals surface area contributed by atoms with Crippen molar-refractivity contribution in [1.82, 2.24) is 25.6 Å². The molecule has 0 saturated carbocycles. The Morgan fingerprint density at radius 2 is 1.35 bits per heavy atom. The van der Waals surface area contributed by atoms with Gasteiger partial charge in [-0.3, -0.25) is 24.6 Å². The molecule has 0 radical (unpaired) electrons. The van der Waals surface area contributed by atoms with Crippen LogP contribution in [-0.2, 0) is 11.2 Å². The van der Waals surface area contributed by atoms with Gasteiger partial charge in [-0.05, 0) is 67.5 Å². The Labute approximate surface area is 273 Å². The topological polar surface area (TPSA) is 143 Å². The van der Waals surface area contributed by atoms with E-state index in [-0.39, 0.29) is 59.0 Å². The maximum atomic E-state index is 13.9. The number of aromatic hydroxyl groups is 1. The van der Waals surface area contributed by atoms with E-state index < -0.39 is 18.1 Å². The van der Waals surface area contributed by atoms with E-state index in [1.807, 2.05) is 34.6 Å². The molecule has 2 rings (SSSR count). The number of hydrogen-bond donors (Lipinski definition) is 4. The average molecular weight is 640 g/mol. The maximum absolute atomic E-state index is 13.9. The summed E-state index contributed by atoms with van der Waals surface area (Å²) in [6.07, 6.45) is 1.69. The third kappa shape index (κ3) is 12.1. The second-order valence-corrected chi connectivity index (χ2v) is 12.4. The molecule has 0 aliphatic rings. The van der Waals surface area contributed by atoms with Crippen molar-refractivity contribution >= 4 is 23.6 Å². The first kappa shape index (κ1) is 38.2. The first-order chi connectivity index (χ1) is 21.8. The Kier molecular flexibility index (Phi) is 15.7. The molecular weight excluding hydrogens is 586 g/mol. The Morgan fingerprint density at radius 1 is 0.804 bits per heavy atom. The van der Waals surface area contributed by atoms with Crippen molar-refractivity contribution in [2.45, 2.75) is 78.9 Å². The monoisotopic (exact) mass is 639 g/mol. The number of amides is 4. The molecule has 0 heterocycles. The Bertz CT molecular complexity index is 1290. The fourth-order valence-corrected chi connectivity index (χ4v) is 5.13. The zero-order valence-electron chi connectivity index (χ0n) is 28.5. The molecular formula is C35H53N5O6. The lowest BCUT2D eigenvalue weighted by Gasteiger charge is -2.30. The standard InChI is InChI=1S/C35H53N5O6/c1-8-15-39(16-9-2)35(46)28-21-26(20-27(22-28)34(45)38(6)7)33(44)36-30(19-25-11-13-29(41)14-12-25)31(42)23-40(17-10-3)37-32(43)18-24(4)5/h11-14,20-22,24,30-31,41-42H,8-10,15-19,23H2,1-7H3,(H,36,44)(H,37,43). The van der Waals surface area contributed by atoms with E-state index in [0.717, 1.165) is 24.8 Å². The molecule has 0 aromatic heterocycles.